The van der Waals surface area contributed by atoms with Crippen molar-refractivity contribution in [3.05, 3.63) is 97.6 Å². The summed E-state index contributed by atoms with van der Waals surface area (Å²) in [7, 11) is 3.14. The first kappa shape index (κ1) is 32.3. The Labute approximate surface area is 286 Å². The number of piperazine rings is 1. The fourth-order valence-electron chi connectivity index (χ4n) is 6.46. The van der Waals surface area contributed by atoms with Gasteiger partial charge in [0.1, 0.15) is 18.5 Å². The molecule has 15 heteroatoms. The molecule has 0 saturated carbocycles. The lowest BCUT2D eigenvalue weighted by Gasteiger charge is -2.36. The third-order valence-corrected chi connectivity index (χ3v) is 9.54. The molecule has 0 spiro atoms. The minimum absolute atomic E-state index is 0.294. The fourth-order valence-corrected chi connectivity index (χ4v) is 7.01. The van der Waals surface area contributed by atoms with Crippen LogP contribution < -0.4 is 25.8 Å². The SMILES string of the molecule is CCn1c(N2CCN(c3ccc(OCC4COC(Cn5ccnc5)(c5ccc(Cl)cc5Cl)O4)cc3)CC2)nc2c1c(=O)n(C)c(=O)n2C. The lowest BCUT2D eigenvalue weighted by Crippen LogP contribution is -2.47. The minimum Gasteiger partial charge on any atom is -0.491 e. The highest BCUT2D eigenvalue weighted by Crippen LogP contribution is 2.40. The van der Waals surface area contributed by atoms with Gasteiger partial charge in [-0.25, -0.2) is 9.78 Å². The number of imidazole rings is 2. The summed E-state index contributed by atoms with van der Waals surface area (Å²) in [5, 5.41) is 0.992. The number of ether oxygens (including phenoxy) is 3. The monoisotopic (exact) mass is 694 g/mol. The molecule has 2 aliphatic heterocycles. The van der Waals surface area contributed by atoms with E-state index in [4.69, 9.17) is 42.4 Å². The van der Waals surface area contributed by atoms with E-state index in [1.807, 2.05) is 40.5 Å². The molecule has 2 saturated heterocycles. The van der Waals surface area contributed by atoms with Gasteiger partial charge in [0.25, 0.3) is 5.56 Å². The van der Waals surface area contributed by atoms with Crippen molar-refractivity contribution in [2.24, 2.45) is 14.1 Å². The number of aromatic nitrogens is 6. The Hall–Kier alpha value is -4.30. The van der Waals surface area contributed by atoms with Gasteiger partial charge in [0.05, 0.1) is 24.5 Å². The number of nitrogens with zero attached hydrogens (tertiary/aromatic N) is 8. The molecule has 3 aromatic heterocycles. The molecule has 0 radical (unpaired) electrons. The van der Waals surface area contributed by atoms with Crippen molar-refractivity contribution in [3.8, 4) is 5.75 Å². The van der Waals surface area contributed by atoms with Crippen LogP contribution in [0.15, 0.2) is 70.8 Å². The zero-order chi connectivity index (χ0) is 33.6. The molecule has 2 fully saturated rings. The van der Waals surface area contributed by atoms with E-state index in [1.54, 1.807) is 31.7 Å². The summed E-state index contributed by atoms with van der Waals surface area (Å²) < 4.78 is 25.3. The second kappa shape index (κ2) is 13.0. The molecule has 2 atom stereocenters. The Morgan fingerprint density at radius 3 is 2.44 bits per heavy atom. The normalized spacial score (nSPS) is 19.8. The summed E-state index contributed by atoms with van der Waals surface area (Å²) in [5.74, 6) is 0.316. The summed E-state index contributed by atoms with van der Waals surface area (Å²) >= 11 is 12.8. The average Bonchev–Trinajstić information content (AvgIpc) is 3.85. The van der Waals surface area contributed by atoms with Crippen molar-refractivity contribution in [2.75, 3.05) is 49.2 Å². The summed E-state index contributed by atoms with van der Waals surface area (Å²) in [4.78, 5) is 38.8. The average molecular weight is 696 g/mol. The molecule has 0 N–H and O–H groups in total. The Bertz CT molecular complexity index is 2050. The zero-order valence-corrected chi connectivity index (χ0v) is 28.4. The van der Waals surface area contributed by atoms with Crippen molar-refractivity contribution in [1.82, 2.24) is 28.2 Å². The summed E-state index contributed by atoms with van der Waals surface area (Å²) in [6.45, 7) is 6.50. The molecule has 7 rings (SSSR count). The van der Waals surface area contributed by atoms with Crippen LogP contribution in [0, 0.1) is 0 Å². The van der Waals surface area contributed by atoms with Gasteiger partial charge >= 0.3 is 5.69 Å². The van der Waals surface area contributed by atoms with Crippen LogP contribution in [-0.4, -0.2) is 73.7 Å². The Kier molecular flexibility index (Phi) is 8.71. The largest absolute Gasteiger partial charge is 0.491 e. The molecule has 2 aliphatic rings. The molecule has 5 heterocycles. The first-order chi connectivity index (χ1) is 23.2. The third-order valence-electron chi connectivity index (χ3n) is 9.00. The van der Waals surface area contributed by atoms with Crippen LogP contribution in [0.1, 0.15) is 12.5 Å². The second-order valence-corrected chi connectivity index (χ2v) is 12.8. The summed E-state index contributed by atoms with van der Waals surface area (Å²) in [6.07, 6.45) is 4.93. The molecule has 13 nitrogen and oxygen atoms in total. The maximum atomic E-state index is 13.0. The van der Waals surface area contributed by atoms with E-state index in [1.165, 1.54) is 11.6 Å². The Balaban J connectivity index is 0.987. The van der Waals surface area contributed by atoms with Crippen LogP contribution in [0.25, 0.3) is 11.2 Å². The van der Waals surface area contributed by atoms with Crippen molar-refractivity contribution < 1.29 is 14.2 Å². The molecule has 0 aliphatic carbocycles. The fraction of sp³-hybridized carbons (Fsp3) is 0.394. The number of benzene rings is 2. The van der Waals surface area contributed by atoms with Crippen LogP contribution in [0.2, 0.25) is 10.0 Å². The van der Waals surface area contributed by atoms with Gasteiger partial charge in [-0.15, -0.1) is 0 Å². The highest BCUT2D eigenvalue weighted by molar-refractivity contribution is 6.35. The molecular formula is C33H36Cl2N8O5. The van der Waals surface area contributed by atoms with Gasteiger partial charge in [-0.3, -0.25) is 13.9 Å². The van der Waals surface area contributed by atoms with Crippen LogP contribution in [0.5, 0.6) is 5.75 Å². The van der Waals surface area contributed by atoms with Crippen LogP contribution in [-0.2, 0) is 42.4 Å². The van der Waals surface area contributed by atoms with E-state index < -0.39 is 5.79 Å². The first-order valence-corrected chi connectivity index (χ1v) is 16.5. The number of hydrogen-bond donors (Lipinski definition) is 0. The Morgan fingerprint density at radius 2 is 1.75 bits per heavy atom. The smallest absolute Gasteiger partial charge is 0.332 e. The maximum Gasteiger partial charge on any atom is 0.332 e. The number of anilines is 2. The van der Waals surface area contributed by atoms with Crippen LogP contribution in [0.3, 0.4) is 0 Å². The topological polar surface area (TPSA) is 114 Å². The minimum atomic E-state index is -1.12. The van der Waals surface area contributed by atoms with Gasteiger partial charge in [0.15, 0.2) is 11.2 Å². The molecule has 0 bridgehead atoms. The molecule has 2 unspecified atom stereocenters. The third kappa shape index (κ3) is 5.85. The van der Waals surface area contributed by atoms with Gasteiger partial charge in [-0.2, -0.15) is 4.98 Å². The molecule has 2 aromatic carbocycles. The number of rotatable bonds is 9. The maximum absolute atomic E-state index is 13.0. The van der Waals surface area contributed by atoms with Crippen molar-refractivity contribution >= 4 is 46.0 Å². The number of fused-ring (bicyclic) bond motifs is 1. The number of halogens is 2. The van der Waals surface area contributed by atoms with E-state index in [-0.39, 0.29) is 17.4 Å². The molecule has 5 aromatic rings. The second-order valence-electron chi connectivity index (χ2n) is 12.0. The zero-order valence-electron chi connectivity index (χ0n) is 26.9. The van der Waals surface area contributed by atoms with E-state index in [0.717, 1.165) is 29.1 Å². The predicted octanol–water partition coefficient (Wildman–Crippen LogP) is 3.63. The van der Waals surface area contributed by atoms with Crippen LogP contribution in [0.4, 0.5) is 11.6 Å². The van der Waals surface area contributed by atoms with Gasteiger partial charge in [0.2, 0.25) is 11.7 Å². The van der Waals surface area contributed by atoms with Gasteiger partial charge < -0.3 is 33.1 Å². The molecule has 0 amide bonds. The molecular weight excluding hydrogens is 659 g/mol. The van der Waals surface area contributed by atoms with E-state index in [0.29, 0.717) is 72.1 Å². The summed E-state index contributed by atoms with van der Waals surface area (Å²) in [6, 6.07) is 13.3. The highest BCUT2D eigenvalue weighted by atomic mass is 35.5. The van der Waals surface area contributed by atoms with Gasteiger partial charge in [0, 0.05) is 75.5 Å². The van der Waals surface area contributed by atoms with E-state index in [2.05, 4.69) is 26.9 Å². The van der Waals surface area contributed by atoms with Gasteiger partial charge in [-0.05, 0) is 43.3 Å². The van der Waals surface area contributed by atoms with E-state index in [9.17, 15) is 9.59 Å². The van der Waals surface area contributed by atoms with Crippen molar-refractivity contribution in [2.45, 2.75) is 31.9 Å². The molecule has 48 heavy (non-hydrogen) atoms. The molecule has 252 valence electrons. The van der Waals surface area contributed by atoms with Crippen molar-refractivity contribution in [3.63, 3.8) is 0 Å². The quantitative estimate of drug-likeness (QED) is 0.228. The standard InChI is InChI=1S/C33H36Cl2N8O5/c1-4-43-28-29(38(2)32(45)39(3)30(28)44)37-31(43)42-15-13-41(14-16-42)23-6-8-24(9-7-23)46-18-25-19-47-33(48-25,20-40-12-11-36-21-40)26-10-5-22(34)17-27(26)35/h5-12,17,21,25H,4,13-16,18-20H2,1-3H3. The lowest BCUT2D eigenvalue weighted by molar-refractivity contribution is -0.189. The predicted molar refractivity (Wildman–Crippen MR) is 183 cm³/mol. The number of hydrogen-bond acceptors (Lipinski definition) is 9. The lowest BCUT2D eigenvalue weighted by atomic mass is 10.1. The van der Waals surface area contributed by atoms with Crippen molar-refractivity contribution in [1.29, 1.82) is 0 Å². The first-order valence-electron chi connectivity index (χ1n) is 15.8. The summed E-state index contributed by atoms with van der Waals surface area (Å²) in [5.41, 5.74) is 1.91. The highest BCUT2D eigenvalue weighted by Gasteiger charge is 2.45. The van der Waals surface area contributed by atoms with Crippen LogP contribution >= 0.6 is 23.2 Å². The van der Waals surface area contributed by atoms with Gasteiger partial charge in [-0.1, -0.05) is 29.3 Å². The number of aryl methyl sites for hydroxylation is 2. The Morgan fingerprint density at radius 1 is 1.00 bits per heavy atom. The van der Waals surface area contributed by atoms with E-state index >= 15 is 0 Å².